The molecule has 0 aliphatic heterocycles. The second-order valence-electron chi connectivity index (χ2n) is 7.04. The first kappa shape index (κ1) is 21.5. The Morgan fingerprint density at radius 2 is 1.64 bits per heavy atom. The van der Waals surface area contributed by atoms with Gasteiger partial charge in [-0.05, 0) is 69.5 Å². The molecule has 0 spiro atoms. The fourth-order valence-corrected chi connectivity index (χ4v) is 2.91. The molecule has 0 unspecified atom stereocenters. The van der Waals surface area contributed by atoms with E-state index in [1.807, 2.05) is 32.9 Å². The summed E-state index contributed by atoms with van der Waals surface area (Å²) in [5.74, 6) is -0.191. The van der Waals surface area contributed by atoms with Crippen LogP contribution in [0.25, 0.3) is 0 Å². The Bertz CT molecular complexity index is 804. The minimum Gasteiger partial charge on any atom is -0.494 e. The summed E-state index contributed by atoms with van der Waals surface area (Å²) in [6.45, 7) is 10.2. The van der Waals surface area contributed by atoms with Gasteiger partial charge >= 0.3 is 5.97 Å². The number of unbranched alkanes of at least 4 members (excludes halogenated alkanes) is 1. The molecule has 1 atom stereocenters. The first-order chi connectivity index (χ1) is 13.3. The van der Waals surface area contributed by atoms with Gasteiger partial charge in [-0.2, -0.15) is 0 Å². The van der Waals surface area contributed by atoms with Gasteiger partial charge in [0.25, 0.3) is 5.91 Å². The number of anilines is 1. The molecule has 0 saturated carbocycles. The Morgan fingerprint density at radius 1 is 1.04 bits per heavy atom. The molecule has 0 aliphatic rings. The lowest BCUT2D eigenvalue weighted by Gasteiger charge is -2.17. The highest BCUT2D eigenvalue weighted by molar-refractivity contribution is 5.98. The second kappa shape index (κ2) is 9.93. The van der Waals surface area contributed by atoms with Crippen molar-refractivity contribution in [3.8, 4) is 5.75 Å². The summed E-state index contributed by atoms with van der Waals surface area (Å²) in [6, 6.07) is 10.8. The van der Waals surface area contributed by atoms with E-state index in [9.17, 15) is 9.59 Å². The highest BCUT2D eigenvalue weighted by Crippen LogP contribution is 2.22. The zero-order valence-corrected chi connectivity index (χ0v) is 17.3. The van der Waals surface area contributed by atoms with E-state index in [2.05, 4.69) is 12.2 Å². The molecule has 5 nitrogen and oxygen atoms in total. The number of esters is 1. The molecule has 0 aromatic heterocycles. The quantitative estimate of drug-likeness (QED) is 0.516. The highest BCUT2D eigenvalue weighted by Gasteiger charge is 2.20. The largest absolute Gasteiger partial charge is 0.494 e. The van der Waals surface area contributed by atoms with Crippen molar-refractivity contribution in [3.05, 3.63) is 58.7 Å². The van der Waals surface area contributed by atoms with Crippen LogP contribution in [-0.4, -0.2) is 24.6 Å². The van der Waals surface area contributed by atoms with Crippen LogP contribution in [0.15, 0.2) is 36.4 Å². The second-order valence-corrected chi connectivity index (χ2v) is 7.04. The van der Waals surface area contributed by atoms with Crippen molar-refractivity contribution < 1.29 is 19.1 Å². The van der Waals surface area contributed by atoms with E-state index in [1.54, 1.807) is 31.2 Å². The van der Waals surface area contributed by atoms with Crippen LogP contribution in [0.2, 0.25) is 0 Å². The van der Waals surface area contributed by atoms with Gasteiger partial charge in [-0.1, -0.05) is 31.0 Å². The Kier molecular flexibility index (Phi) is 7.61. The third-order valence-electron chi connectivity index (χ3n) is 4.43. The lowest BCUT2D eigenvalue weighted by molar-refractivity contribution is -0.123. The van der Waals surface area contributed by atoms with Crippen LogP contribution in [0.5, 0.6) is 5.75 Å². The lowest BCUT2D eigenvalue weighted by Crippen LogP contribution is -2.30. The first-order valence-electron chi connectivity index (χ1n) is 9.64. The summed E-state index contributed by atoms with van der Waals surface area (Å²) >= 11 is 0. The minimum atomic E-state index is -0.909. The molecular formula is C23H29NO4. The molecule has 2 aromatic carbocycles. The number of nitrogens with one attached hydrogen (secondary N) is 1. The Morgan fingerprint density at radius 3 is 2.21 bits per heavy atom. The number of hydrogen-bond donors (Lipinski definition) is 1. The monoisotopic (exact) mass is 383 g/mol. The summed E-state index contributed by atoms with van der Waals surface area (Å²) in [7, 11) is 0. The molecule has 150 valence electrons. The van der Waals surface area contributed by atoms with Gasteiger partial charge in [0.05, 0.1) is 12.2 Å². The third-order valence-corrected chi connectivity index (χ3v) is 4.43. The van der Waals surface area contributed by atoms with Crippen molar-refractivity contribution in [2.75, 3.05) is 11.9 Å². The maximum Gasteiger partial charge on any atom is 0.338 e. The van der Waals surface area contributed by atoms with Crippen LogP contribution in [0.3, 0.4) is 0 Å². The predicted octanol–water partition coefficient (Wildman–Crippen LogP) is 4.97. The third kappa shape index (κ3) is 5.84. The zero-order valence-electron chi connectivity index (χ0n) is 17.3. The van der Waals surface area contributed by atoms with Crippen molar-refractivity contribution in [2.24, 2.45) is 0 Å². The van der Waals surface area contributed by atoms with E-state index in [4.69, 9.17) is 9.47 Å². The summed E-state index contributed by atoms with van der Waals surface area (Å²) in [6.07, 6.45) is 1.13. The SMILES string of the molecule is CCCCOc1ccc(C(=O)O[C@@H](C)C(=O)Nc2c(C)cc(C)cc2C)cc1. The number of carbonyl (C=O) groups excluding carboxylic acids is 2. The standard InChI is InChI=1S/C23H29NO4/c1-6-7-12-27-20-10-8-19(9-11-20)23(26)28-18(5)22(25)24-21-16(3)13-15(2)14-17(21)4/h8-11,13-14,18H,6-7,12H2,1-5H3,(H,24,25)/t18-/m0/s1. The van der Waals surface area contributed by atoms with Crippen molar-refractivity contribution in [1.29, 1.82) is 0 Å². The molecule has 0 bridgehead atoms. The van der Waals surface area contributed by atoms with Gasteiger partial charge in [-0.25, -0.2) is 4.79 Å². The smallest absolute Gasteiger partial charge is 0.338 e. The molecule has 0 aliphatic carbocycles. The topological polar surface area (TPSA) is 64.6 Å². The molecule has 2 aromatic rings. The molecule has 5 heteroatoms. The van der Waals surface area contributed by atoms with Crippen LogP contribution < -0.4 is 10.1 Å². The average Bonchev–Trinajstić information content (AvgIpc) is 2.65. The van der Waals surface area contributed by atoms with Crippen molar-refractivity contribution >= 4 is 17.6 Å². The minimum absolute atomic E-state index is 0.358. The Labute approximate surface area is 167 Å². The van der Waals surface area contributed by atoms with Crippen LogP contribution in [0.1, 0.15) is 53.7 Å². The van der Waals surface area contributed by atoms with Crippen molar-refractivity contribution in [1.82, 2.24) is 0 Å². The van der Waals surface area contributed by atoms with Crippen LogP contribution in [0, 0.1) is 20.8 Å². The fraction of sp³-hybridized carbons (Fsp3) is 0.391. The van der Waals surface area contributed by atoms with Crippen LogP contribution in [0.4, 0.5) is 5.69 Å². The van der Waals surface area contributed by atoms with Crippen LogP contribution >= 0.6 is 0 Å². The summed E-state index contributed by atoms with van der Waals surface area (Å²) in [4.78, 5) is 24.8. The van der Waals surface area contributed by atoms with Crippen molar-refractivity contribution in [2.45, 2.75) is 53.6 Å². The van der Waals surface area contributed by atoms with Gasteiger partial charge in [0, 0.05) is 5.69 Å². The van der Waals surface area contributed by atoms with E-state index in [0.717, 1.165) is 35.2 Å². The van der Waals surface area contributed by atoms with E-state index in [1.165, 1.54) is 0 Å². The van der Waals surface area contributed by atoms with Crippen molar-refractivity contribution in [3.63, 3.8) is 0 Å². The number of carbonyl (C=O) groups is 2. The number of amides is 1. The first-order valence-corrected chi connectivity index (χ1v) is 9.64. The number of rotatable bonds is 8. The summed E-state index contributed by atoms with van der Waals surface area (Å²) in [5, 5.41) is 2.86. The number of aryl methyl sites for hydroxylation is 3. The molecular weight excluding hydrogens is 354 g/mol. The maximum absolute atomic E-state index is 12.5. The predicted molar refractivity (Wildman–Crippen MR) is 111 cm³/mol. The van der Waals surface area contributed by atoms with Gasteiger partial charge < -0.3 is 14.8 Å². The Balaban J connectivity index is 1.95. The summed E-state index contributed by atoms with van der Waals surface area (Å²) < 4.78 is 10.9. The van der Waals surface area contributed by atoms with E-state index in [-0.39, 0.29) is 5.91 Å². The summed E-state index contributed by atoms with van der Waals surface area (Å²) in [5.41, 5.74) is 4.22. The van der Waals surface area contributed by atoms with Crippen LogP contribution in [-0.2, 0) is 9.53 Å². The van der Waals surface area contributed by atoms with Gasteiger partial charge in [-0.15, -0.1) is 0 Å². The van der Waals surface area contributed by atoms with Gasteiger partial charge in [0.2, 0.25) is 0 Å². The number of ether oxygens (including phenoxy) is 2. The van der Waals surface area contributed by atoms with Gasteiger partial charge in [0.15, 0.2) is 6.10 Å². The number of hydrogen-bond acceptors (Lipinski definition) is 4. The Hall–Kier alpha value is -2.82. The molecule has 0 radical (unpaired) electrons. The van der Waals surface area contributed by atoms with E-state index in [0.29, 0.717) is 17.9 Å². The molecule has 0 saturated heterocycles. The lowest BCUT2D eigenvalue weighted by atomic mass is 10.0. The fourth-order valence-electron chi connectivity index (χ4n) is 2.91. The zero-order chi connectivity index (χ0) is 20.7. The van der Waals surface area contributed by atoms with Gasteiger partial charge in [-0.3, -0.25) is 4.79 Å². The molecule has 0 fully saturated rings. The molecule has 28 heavy (non-hydrogen) atoms. The normalized spacial score (nSPS) is 11.6. The maximum atomic E-state index is 12.5. The molecule has 2 rings (SSSR count). The van der Waals surface area contributed by atoms with Gasteiger partial charge in [0.1, 0.15) is 5.75 Å². The highest BCUT2D eigenvalue weighted by atomic mass is 16.5. The number of benzene rings is 2. The molecule has 0 heterocycles. The van der Waals surface area contributed by atoms with E-state index >= 15 is 0 Å². The molecule has 1 amide bonds. The van der Waals surface area contributed by atoms with E-state index < -0.39 is 12.1 Å². The molecule has 1 N–H and O–H groups in total. The average molecular weight is 383 g/mol.